The number of rotatable bonds is 1. The third-order valence-corrected chi connectivity index (χ3v) is 2.49. The van der Waals surface area contributed by atoms with E-state index in [1.165, 1.54) is 0 Å². The van der Waals surface area contributed by atoms with Crippen molar-refractivity contribution in [3.05, 3.63) is 24.0 Å². The lowest BCUT2D eigenvalue weighted by Gasteiger charge is -2.36. The van der Waals surface area contributed by atoms with E-state index in [9.17, 15) is 4.79 Å². The minimum absolute atomic E-state index is 0.0208. The van der Waals surface area contributed by atoms with Gasteiger partial charge in [-0.3, -0.25) is 4.79 Å². The number of ether oxygens (including phenoxy) is 1. The van der Waals surface area contributed by atoms with Crippen LogP contribution in [-0.4, -0.2) is 12.9 Å². The van der Waals surface area contributed by atoms with E-state index in [0.29, 0.717) is 0 Å². The standard InChI is InChI=1S/C9H10O2/c1-9-4-3-6(10)8(9)7(5-9)11-2/h3-5,8H,1-2H3. The highest BCUT2D eigenvalue weighted by Gasteiger charge is 2.49. The predicted octanol–water partition coefficient (Wildman–Crippen LogP) is 1.29. The number of carbonyl (C=O) groups is 1. The van der Waals surface area contributed by atoms with Crippen LogP contribution in [0, 0.1) is 11.3 Å². The first-order valence-electron chi connectivity index (χ1n) is 3.67. The van der Waals surface area contributed by atoms with Gasteiger partial charge >= 0.3 is 0 Å². The lowest BCUT2D eigenvalue weighted by atomic mass is 9.69. The molecule has 0 aliphatic heterocycles. The quantitative estimate of drug-likeness (QED) is 0.563. The summed E-state index contributed by atoms with van der Waals surface area (Å²) in [5.41, 5.74) is -0.0393. The van der Waals surface area contributed by atoms with Gasteiger partial charge in [-0.15, -0.1) is 0 Å². The van der Waals surface area contributed by atoms with Crippen molar-refractivity contribution < 1.29 is 9.53 Å². The van der Waals surface area contributed by atoms with E-state index in [1.807, 2.05) is 19.1 Å². The smallest absolute Gasteiger partial charge is 0.167 e. The van der Waals surface area contributed by atoms with E-state index in [-0.39, 0.29) is 17.1 Å². The molecule has 2 unspecified atom stereocenters. The molecule has 0 saturated carbocycles. The number of methoxy groups -OCH3 is 1. The molecule has 0 saturated heterocycles. The zero-order valence-electron chi connectivity index (χ0n) is 6.63. The highest BCUT2D eigenvalue weighted by atomic mass is 16.5. The Hall–Kier alpha value is -1.05. The second-order valence-electron chi connectivity index (χ2n) is 3.29. The maximum absolute atomic E-state index is 11.2. The Morgan fingerprint density at radius 3 is 2.91 bits per heavy atom. The van der Waals surface area contributed by atoms with Crippen LogP contribution in [0.1, 0.15) is 6.92 Å². The van der Waals surface area contributed by atoms with Crippen molar-refractivity contribution in [2.45, 2.75) is 6.92 Å². The van der Waals surface area contributed by atoms with Gasteiger partial charge in [-0.2, -0.15) is 0 Å². The summed E-state index contributed by atoms with van der Waals surface area (Å²) in [5, 5.41) is 0. The molecule has 2 rings (SSSR count). The van der Waals surface area contributed by atoms with Gasteiger partial charge in [0, 0.05) is 5.41 Å². The molecule has 0 spiro atoms. The summed E-state index contributed by atoms with van der Waals surface area (Å²) in [6.45, 7) is 2.04. The maximum atomic E-state index is 11.2. The minimum atomic E-state index is -0.0393. The third kappa shape index (κ3) is 0.642. The molecule has 2 nitrogen and oxygen atoms in total. The molecule has 0 aromatic carbocycles. The van der Waals surface area contributed by atoms with Gasteiger partial charge in [0.2, 0.25) is 0 Å². The molecule has 2 heteroatoms. The number of hydrogen-bond donors (Lipinski definition) is 0. The second-order valence-corrected chi connectivity index (χ2v) is 3.29. The largest absolute Gasteiger partial charge is 0.501 e. The van der Waals surface area contributed by atoms with Crippen LogP contribution >= 0.6 is 0 Å². The molecule has 11 heavy (non-hydrogen) atoms. The fourth-order valence-electron chi connectivity index (χ4n) is 1.81. The molecular formula is C9H10O2. The average molecular weight is 150 g/mol. The van der Waals surface area contributed by atoms with Crippen LogP contribution in [-0.2, 0) is 9.53 Å². The van der Waals surface area contributed by atoms with Gasteiger partial charge in [-0.25, -0.2) is 0 Å². The molecule has 2 aliphatic rings. The Morgan fingerprint density at radius 2 is 2.36 bits per heavy atom. The first-order valence-corrected chi connectivity index (χ1v) is 3.67. The molecule has 0 aromatic heterocycles. The summed E-state index contributed by atoms with van der Waals surface area (Å²) in [4.78, 5) is 11.2. The van der Waals surface area contributed by atoms with Gasteiger partial charge in [-0.1, -0.05) is 13.0 Å². The fourth-order valence-corrected chi connectivity index (χ4v) is 1.81. The topological polar surface area (TPSA) is 26.3 Å². The first-order chi connectivity index (χ1) is 5.17. The molecule has 0 bridgehead atoms. The maximum Gasteiger partial charge on any atom is 0.167 e. The van der Waals surface area contributed by atoms with E-state index < -0.39 is 0 Å². The van der Waals surface area contributed by atoms with Crippen LogP contribution in [0.25, 0.3) is 0 Å². The van der Waals surface area contributed by atoms with Crippen LogP contribution in [0.4, 0.5) is 0 Å². The summed E-state index contributed by atoms with van der Waals surface area (Å²) in [6.07, 6.45) is 5.59. The molecule has 2 atom stereocenters. The SMILES string of the molecule is COC1=CC2(C)C=CC(=O)C12. The van der Waals surface area contributed by atoms with Gasteiger partial charge in [0.05, 0.1) is 13.0 Å². The molecule has 2 aliphatic carbocycles. The molecule has 0 N–H and O–H groups in total. The Balaban J connectivity index is 2.35. The van der Waals surface area contributed by atoms with Crippen molar-refractivity contribution in [1.29, 1.82) is 0 Å². The molecular weight excluding hydrogens is 140 g/mol. The van der Waals surface area contributed by atoms with E-state index in [1.54, 1.807) is 13.2 Å². The monoisotopic (exact) mass is 150 g/mol. The average Bonchev–Trinajstić information content (AvgIpc) is 2.14. The second kappa shape index (κ2) is 1.76. The number of allylic oxidation sites excluding steroid dienone is 4. The minimum Gasteiger partial charge on any atom is -0.501 e. The number of ketones is 1. The Labute approximate surface area is 65.5 Å². The lowest BCUT2D eigenvalue weighted by Crippen LogP contribution is -2.35. The van der Waals surface area contributed by atoms with Crippen LogP contribution < -0.4 is 0 Å². The normalized spacial score (nSPS) is 39.6. The summed E-state index contributed by atoms with van der Waals surface area (Å²) in [5.74, 6) is 0.974. The molecule has 0 radical (unpaired) electrons. The van der Waals surface area contributed by atoms with E-state index in [4.69, 9.17) is 4.74 Å². The zero-order chi connectivity index (χ0) is 8.06. The fraction of sp³-hybridized carbons (Fsp3) is 0.444. The van der Waals surface area contributed by atoms with E-state index in [0.717, 1.165) is 5.76 Å². The molecule has 0 heterocycles. The van der Waals surface area contributed by atoms with Crippen molar-refractivity contribution >= 4 is 5.78 Å². The number of hydrogen-bond acceptors (Lipinski definition) is 2. The van der Waals surface area contributed by atoms with Gasteiger partial charge in [0.15, 0.2) is 5.78 Å². The van der Waals surface area contributed by atoms with Gasteiger partial charge < -0.3 is 4.74 Å². The Morgan fingerprint density at radius 1 is 1.64 bits per heavy atom. The highest BCUT2D eigenvalue weighted by Crippen LogP contribution is 2.50. The summed E-state index contributed by atoms with van der Waals surface area (Å²) < 4.78 is 5.04. The van der Waals surface area contributed by atoms with Gasteiger partial charge in [0.25, 0.3) is 0 Å². The predicted molar refractivity (Wildman–Crippen MR) is 40.8 cm³/mol. The van der Waals surface area contributed by atoms with E-state index in [2.05, 4.69) is 0 Å². The van der Waals surface area contributed by atoms with Crippen molar-refractivity contribution in [2.75, 3.05) is 7.11 Å². The van der Waals surface area contributed by atoms with E-state index >= 15 is 0 Å². The van der Waals surface area contributed by atoms with Crippen molar-refractivity contribution in [3.8, 4) is 0 Å². The van der Waals surface area contributed by atoms with Gasteiger partial charge in [-0.05, 0) is 12.2 Å². The summed E-state index contributed by atoms with van der Waals surface area (Å²) >= 11 is 0. The summed E-state index contributed by atoms with van der Waals surface area (Å²) in [7, 11) is 1.61. The number of carbonyl (C=O) groups excluding carboxylic acids is 1. The van der Waals surface area contributed by atoms with Crippen LogP contribution in [0.3, 0.4) is 0 Å². The summed E-state index contributed by atoms with van der Waals surface area (Å²) in [6, 6.07) is 0. The number of fused-ring (bicyclic) bond motifs is 1. The lowest BCUT2D eigenvalue weighted by molar-refractivity contribution is -0.120. The first kappa shape index (κ1) is 6.65. The van der Waals surface area contributed by atoms with Crippen LogP contribution in [0.15, 0.2) is 24.0 Å². The zero-order valence-corrected chi connectivity index (χ0v) is 6.63. The van der Waals surface area contributed by atoms with Crippen molar-refractivity contribution in [1.82, 2.24) is 0 Å². The molecule has 0 amide bonds. The molecule has 58 valence electrons. The van der Waals surface area contributed by atoms with Crippen LogP contribution in [0.5, 0.6) is 0 Å². The van der Waals surface area contributed by atoms with Crippen molar-refractivity contribution in [3.63, 3.8) is 0 Å². The highest BCUT2D eigenvalue weighted by molar-refractivity contribution is 5.99. The third-order valence-electron chi connectivity index (χ3n) is 2.49. The Kier molecular flexibility index (Phi) is 1.06. The Bertz CT molecular complexity index is 275. The molecule has 0 aromatic rings. The molecule has 0 fully saturated rings. The van der Waals surface area contributed by atoms with Gasteiger partial charge in [0.1, 0.15) is 5.76 Å². The van der Waals surface area contributed by atoms with Crippen molar-refractivity contribution in [2.24, 2.45) is 11.3 Å². The van der Waals surface area contributed by atoms with Crippen LogP contribution in [0.2, 0.25) is 0 Å².